The van der Waals surface area contributed by atoms with E-state index in [4.69, 9.17) is 4.74 Å². The average molecular weight is 290 g/mol. The molecule has 0 aromatic heterocycles. The number of hydrogen-bond donors (Lipinski definition) is 1. The number of phenols is 1. The van der Waals surface area contributed by atoms with Gasteiger partial charge in [-0.25, -0.2) is 0 Å². The second kappa shape index (κ2) is 6.35. The summed E-state index contributed by atoms with van der Waals surface area (Å²) >= 11 is 0. The Morgan fingerprint density at radius 2 is 1.23 bits per heavy atom. The van der Waals surface area contributed by atoms with Crippen LogP contribution in [-0.4, -0.2) is 11.7 Å². The van der Waals surface area contributed by atoms with Gasteiger partial charge in [0.25, 0.3) is 0 Å². The van der Waals surface area contributed by atoms with Crippen molar-refractivity contribution in [1.82, 2.24) is 0 Å². The van der Waals surface area contributed by atoms with Crippen LogP contribution in [0.4, 0.5) is 0 Å². The van der Waals surface area contributed by atoms with Gasteiger partial charge in [0.05, 0.1) is 6.61 Å². The van der Waals surface area contributed by atoms with E-state index >= 15 is 0 Å². The van der Waals surface area contributed by atoms with Crippen LogP contribution in [0.5, 0.6) is 11.5 Å². The molecule has 0 radical (unpaired) electrons. The molecule has 3 rings (SSSR count). The van der Waals surface area contributed by atoms with Crippen LogP contribution in [0.1, 0.15) is 6.92 Å². The van der Waals surface area contributed by atoms with Gasteiger partial charge in [0, 0.05) is 11.1 Å². The highest BCUT2D eigenvalue weighted by Crippen LogP contribution is 2.41. The Bertz CT molecular complexity index is 689. The molecule has 0 aliphatic rings. The van der Waals surface area contributed by atoms with E-state index < -0.39 is 0 Å². The summed E-state index contributed by atoms with van der Waals surface area (Å²) in [7, 11) is 0. The van der Waals surface area contributed by atoms with Gasteiger partial charge >= 0.3 is 0 Å². The maximum atomic E-state index is 10.7. The standard InChI is InChI=1S/C20H18O2/c1-2-22-17-13-18(15-9-5-3-6-10-15)20(21)19(14-17)16-11-7-4-8-12-16/h3-14,21H,2H2,1H3. The third kappa shape index (κ3) is 2.82. The van der Waals surface area contributed by atoms with Gasteiger partial charge in [-0.15, -0.1) is 0 Å². The molecule has 0 fully saturated rings. The lowest BCUT2D eigenvalue weighted by molar-refractivity contribution is 0.340. The Labute approximate surface area is 130 Å². The predicted octanol–water partition coefficient (Wildman–Crippen LogP) is 5.12. The summed E-state index contributed by atoms with van der Waals surface area (Å²) in [5.41, 5.74) is 3.51. The quantitative estimate of drug-likeness (QED) is 0.722. The third-order valence-electron chi connectivity index (χ3n) is 3.56. The summed E-state index contributed by atoms with van der Waals surface area (Å²) in [5.74, 6) is 1.04. The summed E-state index contributed by atoms with van der Waals surface area (Å²) in [5, 5.41) is 10.7. The van der Waals surface area contributed by atoms with Gasteiger partial charge < -0.3 is 9.84 Å². The molecule has 0 aliphatic heterocycles. The smallest absolute Gasteiger partial charge is 0.131 e. The van der Waals surface area contributed by atoms with Crippen LogP contribution in [0.25, 0.3) is 22.3 Å². The van der Waals surface area contributed by atoms with Crippen molar-refractivity contribution >= 4 is 0 Å². The first kappa shape index (κ1) is 14.2. The molecule has 2 nitrogen and oxygen atoms in total. The van der Waals surface area contributed by atoms with Crippen LogP contribution in [0, 0.1) is 0 Å². The molecule has 0 saturated carbocycles. The van der Waals surface area contributed by atoms with Crippen LogP contribution in [-0.2, 0) is 0 Å². The first-order chi connectivity index (χ1) is 10.8. The maximum Gasteiger partial charge on any atom is 0.131 e. The molecule has 0 amide bonds. The lowest BCUT2D eigenvalue weighted by atomic mass is 9.97. The van der Waals surface area contributed by atoms with Crippen molar-refractivity contribution in [2.45, 2.75) is 6.92 Å². The highest BCUT2D eigenvalue weighted by atomic mass is 16.5. The molecule has 0 atom stereocenters. The Morgan fingerprint density at radius 1 is 0.773 bits per heavy atom. The zero-order valence-corrected chi connectivity index (χ0v) is 12.5. The predicted molar refractivity (Wildman–Crippen MR) is 90.1 cm³/mol. The number of hydrogen-bond acceptors (Lipinski definition) is 2. The van der Waals surface area contributed by atoms with Crippen molar-refractivity contribution in [3.63, 3.8) is 0 Å². The van der Waals surface area contributed by atoms with Crippen molar-refractivity contribution in [2.75, 3.05) is 6.61 Å². The van der Waals surface area contributed by atoms with Crippen LogP contribution >= 0.6 is 0 Å². The average Bonchev–Trinajstić information content (AvgIpc) is 2.58. The van der Waals surface area contributed by atoms with Gasteiger partial charge in [0.1, 0.15) is 11.5 Å². The van der Waals surface area contributed by atoms with Crippen molar-refractivity contribution in [3.8, 4) is 33.8 Å². The third-order valence-corrected chi connectivity index (χ3v) is 3.56. The molecule has 3 aromatic rings. The number of ether oxygens (including phenoxy) is 1. The lowest BCUT2D eigenvalue weighted by Gasteiger charge is -2.14. The monoisotopic (exact) mass is 290 g/mol. The van der Waals surface area contributed by atoms with Gasteiger partial charge in [-0.1, -0.05) is 60.7 Å². The fraction of sp³-hybridized carbons (Fsp3) is 0.100. The molecular formula is C20H18O2. The largest absolute Gasteiger partial charge is 0.507 e. The van der Waals surface area contributed by atoms with E-state index in [1.165, 1.54) is 0 Å². The summed E-state index contributed by atoms with van der Waals surface area (Å²) in [4.78, 5) is 0. The van der Waals surface area contributed by atoms with Crippen molar-refractivity contribution in [2.24, 2.45) is 0 Å². The summed E-state index contributed by atoms with van der Waals surface area (Å²) in [6, 6.07) is 23.5. The van der Waals surface area contributed by atoms with Crippen molar-refractivity contribution < 1.29 is 9.84 Å². The Kier molecular flexibility index (Phi) is 4.10. The zero-order valence-electron chi connectivity index (χ0n) is 12.5. The van der Waals surface area contributed by atoms with Crippen molar-refractivity contribution in [3.05, 3.63) is 72.8 Å². The first-order valence-corrected chi connectivity index (χ1v) is 7.40. The van der Waals surface area contributed by atoms with E-state index in [1.54, 1.807) is 0 Å². The van der Waals surface area contributed by atoms with Crippen LogP contribution in [0.2, 0.25) is 0 Å². The van der Waals surface area contributed by atoms with Gasteiger partial charge in [-0.3, -0.25) is 0 Å². The van der Waals surface area contributed by atoms with Crippen molar-refractivity contribution in [1.29, 1.82) is 0 Å². The van der Waals surface area contributed by atoms with E-state index in [0.29, 0.717) is 6.61 Å². The molecule has 0 aliphatic carbocycles. The fourth-order valence-electron chi connectivity index (χ4n) is 2.53. The Morgan fingerprint density at radius 3 is 1.64 bits per heavy atom. The van der Waals surface area contributed by atoms with E-state index in [9.17, 15) is 5.11 Å². The van der Waals surface area contributed by atoms with E-state index in [0.717, 1.165) is 28.0 Å². The van der Waals surface area contributed by atoms with Crippen LogP contribution < -0.4 is 4.74 Å². The second-order valence-electron chi connectivity index (χ2n) is 5.03. The summed E-state index contributed by atoms with van der Waals surface area (Å²) in [6.45, 7) is 2.55. The topological polar surface area (TPSA) is 29.5 Å². The van der Waals surface area contributed by atoms with Gasteiger partial charge in [-0.05, 0) is 30.2 Å². The molecule has 0 spiro atoms. The number of phenolic OH excluding ortho intramolecular Hbond substituents is 1. The molecule has 0 bridgehead atoms. The van der Waals surface area contributed by atoms with Crippen LogP contribution in [0.15, 0.2) is 72.8 Å². The minimum absolute atomic E-state index is 0.279. The Balaban J connectivity index is 2.20. The first-order valence-electron chi connectivity index (χ1n) is 7.40. The second-order valence-corrected chi connectivity index (χ2v) is 5.03. The molecular weight excluding hydrogens is 272 g/mol. The maximum absolute atomic E-state index is 10.7. The lowest BCUT2D eigenvalue weighted by Crippen LogP contribution is -1.93. The SMILES string of the molecule is CCOc1cc(-c2ccccc2)c(O)c(-c2ccccc2)c1. The van der Waals surface area contributed by atoms with Gasteiger partial charge in [0.15, 0.2) is 0 Å². The minimum atomic E-state index is 0.279. The molecule has 0 heterocycles. The van der Waals surface area contributed by atoms with E-state index in [-0.39, 0.29) is 5.75 Å². The molecule has 3 aromatic carbocycles. The number of benzene rings is 3. The highest BCUT2D eigenvalue weighted by molar-refractivity contribution is 5.83. The van der Waals surface area contributed by atoms with Crippen LogP contribution in [0.3, 0.4) is 0 Å². The van der Waals surface area contributed by atoms with Gasteiger partial charge in [0.2, 0.25) is 0 Å². The molecule has 22 heavy (non-hydrogen) atoms. The molecule has 0 saturated heterocycles. The minimum Gasteiger partial charge on any atom is -0.507 e. The van der Waals surface area contributed by atoms with E-state index in [1.807, 2.05) is 79.7 Å². The number of aromatic hydroxyl groups is 1. The fourth-order valence-corrected chi connectivity index (χ4v) is 2.53. The normalized spacial score (nSPS) is 10.4. The highest BCUT2D eigenvalue weighted by Gasteiger charge is 2.13. The number of rotatable bonds is 4. The van der Waals surface area contributed by atoms with Gasteiger partial charge in [-0.2, -0.15) is 0 Å². The molecule has 110 valence electrons. The molecule has 0 unspecified atom stereocenters. The molecule has 2 heteroatoms. The molecule has 1 N–H and O–H groups in total. The summed E-state index contributed by atoms with van der Waals surface area (Å²) < 4.78 is 5.67. The zero-order chi connectivity index (χ0) is 15.4. The summed E-state index contributed by atoms with van der Waals surface area (Å²) in [6.07, 6.45) is 0. The Hall–Kier alpha value is -2.74. The van der Waals surface area contributed by atoms with E-state index in [2.05, 4.69) is 0 Å².